The van der Waals surface area contributed by atoms with Crippen molar-refractivity contribution < 1.29 is 19.2 Å². The van der Waals surface area contributed by atoms with Crippen LogP contribution in [0.15, 0.2) is 47.5 Å². The smallest absolute Gasteiger partial charge is 0.265 e. The molecule has 2 aromatic rings. The molecule has 34 heavy (non-hydrogen) atoms. The maximum absolute atomic E-state index is 12.6. The van der Waals surface area contributed by atoms with Gasteiger partial charge in [0.1, 0.15) is 11.1 Å². The topological polar surface area (TPSA) is 81.2 Å². The molecule has 8 nitrogen and oxygen atoms in total. The van der Waals surface area contributed by atoms with Crippen LogP contribution in [0.2, 0.25) is 0 Å². The average Bonchev–Trinajstić information content (AvgIpc) is 2.84. The number of benzene rings is 2. The molecule has 0 aliphatic carbocycles. The molecule has 0 aromatic heterocycles. The third kappa shape index (κ3) is 3.88. The van der Waals surface area contributed by atoms with Crippen LogP contribution in [0.1, 0.15) is 11.1 Å². The van der Waals surface area contributed by atoms with Crippen LogP contribution in [0, 0.1) is 0 Å². The number of amides is 4. The molecule has 0 bridgehead atoms. The molecule has 2 aliphatic heterocycles. The van der Waals surface area contributed by atoms with E-state index in [9.17, 15) is 19.2 Å². The number of hydrogen-bond donors (Lipinski definition) is 1. The molecule has 2 saturated heterocycles. The molecule has 174 valence electrons. The van der Waals surface area contributed by atoms with Gasteiger partial charge in [0.05, 0.1) is 0 Å². The van der Waals surface area contributed by atoms with Gasteiger partial charge < -0.3 is 9.80 Å². The van der Waals surface area contributed by atoms with Gasteiger partial charge >= 0.3 is 0 Å². The zero-order valence-corrected chi connectivity index (χ0v) is 20.7. The number of thiol groups is 1. The molecule has 2 fully saturated rings. The molecule has 0 N–H and O–H groups in total. The molecule has 4 rings (SSSR count). The van der Waals surface area contributed by atoms with Crippen molar-refractivity contribution >= 4 is 76.5 Å². The van der Waals surface area contributed by atoms with Gasteiger partial charge in [0.25, 0.3) is 23.6 Å². The second kappa shape index (κ2) is 8.69. The number of likely N-dealkylation sites (N-methyl/N-ethyl adjacent to an activating group) is 4. The van der Waals surface area contributed by atoms with Gasteiger partial charge in [-0.1, -0.05) is 24.3 Å². The molecule has 2 heterocycles. The van der Waals surface area contributed by atoms with Crippen molar-refractivity contribution in [1.29, 1.82) is 0 Å². The van der Waals surface area contributed by atoms with Gasteiger partial charge in [-0.05, 0) is 58.4 Å². The SMILES string of the molecule is CN1C(=O)C(=Cc2ccc3cc(C=C4C(=O)N(C)C(S)N(C)C4=O)ccc3c2)C(=O)N(C)C1=S. The molecule has 4 amide bonds. The highest BCUT2D eigenvalue weighted by atomic mass is 32.1. The minimum Gasteiger partial charge on any atom is -0.312 e. The van der Waals surface area contributed by atoms with E-state index < -0.39 is 17.3 Å². The summed E-state index contributed by atoms with van der Waals surface area (Å²) in [4.78, 5) is 55.6. The Balaban J connectivity index is 1.68. The van der Waals surface area contributed by atoms with E-state index in [1.54, 1.807) is 38.4 Å². The first-order chi connectivity index (χ1) is 16.0. The van der Waals surface area contributed by atoms with Gasteiger partial charge in [0.2, 0.25) is 0 Å². The summed E-state index contributed by atoms with van der Waals surface area (Å²) in [5.74, 6) is -1.67. The first-order valence-electron chi connectivity index (χ1n) is 10.3. The number of thiocarbonyl (C=S) groups is 1. The highest BCUT2D eigenvalue weighted by molar-refractivity contribution is 7.80. The Hall–Kier alpha value is -3.50. The number of fused-ring (bicyclic) bond motifs is 1. The normalized spacial score (nSPS) is 19.6. The summed E-state index contributed by atoms with van der Waals surface area (Å²) in [6.45, 7) is 0. The minimum absolute atomic E-state index is 0.0318. The zero-order valence-electron chi connectivity index (χ0n) is 19.0. The van der Waals surface area contributed by atoms with Crippen molar-refractivity contribution in [2.24, 2.45) is 0 Å². The van der Waals surface area contributed by atoms with E-state index >= 15 is 0 Å². The Bertz CT molecular complexity index is 1300. The second-order valence-corrected chi connectivity index (χ2v) is 9.00. The Kier molecular flexibility index (Phi) is 6.05. The molecular formula is C24H22N4O4S2. The van der Waals surface area contributed by atoms with Gasteiger partial charge in [0, 0.05) is 28.2 Å². The minimum atomic E-state index is -0.612. The van der Waals surface area contributed by atoms with Gasteiger partial charge in [-0.15, -0.1) is 12.6 Å². The Morgan fingerprint density at radius 1 is 0.706 bits per heavy atom. The second-order valence-electron chi connectivity index (χ2n) is 8.17. The number of hydrogen-bond acceptors (Lipinski definition) is 6. The number of carbonyl (C=O) groups excluding carboxylic acids is 4. The zero-order chi connectivity index (χ0) is 24.9. The standard InChI is InChI=1S/C24H22N4O4S2/c1-25-19(29)17(20(30)26(2)23(25)33)11-13-5-7-16-10-14(6-8-15(16)9-13)12-18-21(31)27(3)24(34)28(4)22(18)32/h5-12,23,33H,1-4H3. The molecule has 0 radical (unpaired) electrons. The van der Waals surface area contributed by atoms with Crippen LogP contribution >= 0.6 is 24.8 Å². The molecular weight excluding hydrogens is 472 g/mol. The van der Waals surface area contributed by atoms with E-state index in [1.807, 2.05) is 24.3 Å². The van der Waals surface area contributed by atoms with Crippen LogP contribution in [-0.2, 0) is 19.2 Å². The van der Waals surface area contributed by atoms with E-state index in [4.69, 9.17) is 12.2 Å². The fourth-order valence-electron chi connectivity index (χ4n) is 3.84. The molecule has 0 unspecified atom stereocenters. The third-order valence-corrected chi connectivity index (χ3v) is 7.19. The van der Waals surface area contributed by atoms with Crippen molar-refractivity contribution in [1.82, 2.24) is 19.6 Å². The van der Waals surface area contributed by atoms with Crippen LogP contribution in [0.4, 0.5) is 0 Å². The number of rotatable bonds is 2. The summed E-state index contributed by atoms with van der Waals surface area (Å²) in [5.41, 5.74) is 0.870. The first kappa shape index (κ1) is 23.7. The first-order valence-corrected chi connectivity index (χ1v) is 11.2. The molecule has 10 heteroatoms. The predicted octanol–water partition coefficient (Wildman–Crippen LogP) is 1.97. The van der Waals surface area contributed by atoms with Crippen molar-refractivity contribution in [3.63, 3.8) is 0 Å². The lowest BCUT2D eigenvalue weighted by Gasteiger charge is -2.37. The van der Waals surface area contributed by atoms with Crippen molar-refractivity contribution in [3.8, 4) is 0 Å². The highest BCUT2D eigenvalue weighted by Crippen LogP contribution is 2.25. The van der Waals surface area contributed by atoms with Crippen molar-refractivity contribution in [2.45, 2.75) is 5.50 Å². The molecule has 0 spiro atoms. The Labute approximate surface area is 207 Å². The summed E-state index contributed by atoms with van der Waals surface area (Å²) >= 11 is 9.41. The van der Waals surface area contributed by atoms with Gasteiger partial charge in [-0.3, -0.25) is 29.0 Å². The summed E-state index contributed by atoms with van der Waals surface area (Å²) in [6.07, 6.45) is 3.12. The van der Waals surface area contributed by atoms with Crippen LogP contribution in [0.25, 0.3) is 22.9 Å². The van der Waals surface area contributed by atoms with Crippen molar-refractivity contribution in [3.05, 3.63) is 58.7 Å². The fraction of sp³-hybridized carbons (Fsp3) is 0.208. The molecule has 2 aromatic carbocycles. The van der Waals surface area contributed by atoms with Crippen molar-refractivity contribution in [2.75, 3.05) is 28.2 Å². The predicted molar refractivity (Wildman–Crippen MR) is 136 cm³/mol. The van der Waals surface area contributed by atoms with E-state index in [0.29, 0.717) is 11.1 Å². The van der Waals surface area contributed by atoms with E-state index in [-0.39, 0.29) is 28.1 Å². The van der Waals surface area contributed by atoms with Crippen LogP contribution < -0.4 is 0 Å². The van der Waals surface area contributed by atoms with Gasteiger partial charge in [0.15, 0.2) is 10.6 Å². The molecule has 2 aliphatic rings. The van der Waals surface area contributed by atoms with Crippen LogP contribution in [-0.4, -0.2) is 82.0 Å². The fourth-order valence-corrected chi connectivity index (χ4v) is 4.21. The lowest BCUT2D eigenvalue weighted by molar-refractivity contribution is -0.143. The third-order valence-electron chi connectivity index (χ3n) is 5.95. The summed E-state index contributed by atoms with van der Waals surface area (Å²) < 4.78 is 0. The summed E-state index contributed by atoms with van der Waals surface area (Å²) in [7, 11) is 6.26. The Morgan fingerprint density at radius 2 is 1.09 bits per heavy atom. The van der Waals surface area contributed by atoms with E-state index in [2.05, 4.69) is 12.6 Å². The average molecular weight is 495 g/mol. The van der Waals surface area contributed by atoms with Crippen LogP contribution in [0.3, 0.4) is 0 Å². The summed E-state index contributed by atoms with van der Waals surface area (Å²) in [5, 5.41) is 1.90. The van der Waals surface area contributed by atoms with E-state index in [1.165, 1.54) is 33.7 Å². The lowest BCUT2D eigenvalue weighted by Crippen LogP contribution is -2.54. The maximum atomic E-state index is 12.6. The summed E-state index contributed by atoms with van der Waals surface area (Å²) in [6, 6.07) is 11.0. The highest BCUT2D eigenvalue weighted by Gasteiger charge is 2.37. The number of carbonyl (C=O) groups is 4. The van der Waals surface area contributed by atoms with Gasteiger partial charge in [-0.25, -0.2) is 0 Å². The van der Waals surface area contributed by atoms with Crippen LogP contribution in [0.5, 0.6) is 0 Å². The maximum Gasteiger partial charge on any atom is 0.265 e. The van der Waals surface area contributed by atoms with Gasteiger partial charge in [-0.2, -0.15) is 0 Å². The quantitative estimate of drug-likeness (QED) is 0.299. The molecule has 0 atom stereocenters. The molecule has 0 saturated carbocycles. The number of nitrogens with zero attached hydrogens (tertiary/aromatic N) is 4. The van der Waals surface area contributed by atoms with E-state index in [0.717, 1.165) is 10.8 Å². The monoisotopic (exact) mass is 494 g/mol. The largest absolute Gasteiger partial charge is 0.312 e. The Morgan fingerprint density at radius 3 is 1.50 bits per heavy atom. The lowest BCUT2D eigenvalue weighted by atomic mass is 10.00.